The lowest BCUT2D eigenvalue weighted by Crippen LogP contribution is -2.32. The van der Waals surface area contributed by atoms with Crippen molar-refractivity contribution in [3.63, 3.8) is 0 Å². The maximum Gasteiger partial charge on any atom is 0.234 e. The quantitative estimate of drug-likeness (QED) is 0.757. The Kier molecular flexibility index (Phi) is 6.81. The minimum Gasteiger partial charge on any atom is -0.481 e. The number of ether oxygens (including phenoxy) is 1. The third-order valence-corrected chi connectivity index (χ3v) is 4.92. The summed E-state index contributed by atoms with van der Waals surface area (Å²) >= 11 is 5.46. The van der Waals surface area contributed by atoms with Crippen molar-refractivity contribution in [3.8, 4) is 5.88 Å². The zero-order valence-corrected chi connectivity index (χ0v) is 16.8. The van der Waals surface area contributed by atoms with Gasteiger partial charge >= 0.3 is 0 Å². The number of hydrogen-bond donors (Lipinski definition) is 2. The van der Waals surface area contributed by atoms with Crippen molar-refractivity contribution in [2.45, 2.75) is 38.6 Å². The maximum absolute atomic E-state index is 5.46. The van der Waals surface area contributed by atoms with Crippen LogP contribution in [0.2, 0.25) is 0 Å². The number of aromatic nitrogens is 2. The Morgan fingerprint density at radius 3 is 2.48 bits per heavy atom. The third kappa shape index (κ3) is 5.53. The van der Waals surface area contributed by atoms with Crippen LogP contribution in [-0.2, 0) is 0 Å². The molecule has 1 aromatic carbocycles. The minimum absolute atomic E-state index is 0.0851. The van der Waals surface area contributed by atoms with Gasteiger partial charge in [-0.05, 0) is 37.5 Å². The molecule has 0 spiro atoms. The Bertz CT molecular complexity index is 747. The molecule has 0 saturated carbocycles. The molecule has 0 radical (unpaired) electrons. The molecule has 2 N–H and O–H groups in total. The van der Waals surface area contributed by atoms with Crippen molar-refractivity contribution >= 4 is 29.1 Å². The van der Waals surface area contributed by atoms with E-state index < -0.39 is 0 Å². The van der Waals surface area contributed by atoms with Crippen LogP contribution in [0.4, 0.5) is 11.8 Å². The van der Waals surface area contributed by atoms with Gasteiger partial charge in [0.2, 0.25) is 11.8 Å². The van der Waals surface area contributed by atoms with Gasteiger partial charge in [-0.1, -0.05) is 43.2 Å². The zero-order valence-electron chi connectivity index (χ0n) is 15.9. The predicted octanol–water partition coefficient (Wildman–Crippen LogP) is 3.91. The number of thiocarbonyl (C=S) groups is 1. The molecule has 0 amide bonds. The number of anilines is 2. The Morgan fingerprint density at radius 2 is 1.81 bits per heavy atom. The third-order valence-electron chi connectivity index (χ3n) is 4.70. The van der Waals surface area contributed by atoms with Crippen molar-refractivity contribution in [1.29, 1.82) is 0 Å². The monoisotopic (exact) mass is 385 g/mol. The lowest BCUT2D eigenvalue weighted by molar-refractivity contribution is 0.397. The summed E-state index contributed by atoms with van der Waals surface area (Å²) in [5.41, 5.74) is 1.17. The number of benzene rings is 1. The molecule has 7 heteroatoms. The van der Waals surface area contributed by atoms with E-state index >= 15 is 0 Å². The van der Waals surface area contributed by atoms with Gasteiger partial charge < -0.3 is 20.3 Å². The fourth-order valence-corrected chi connectivity index (χ4v) is 3.46. The van der Waals surface area contributed by atoms with E-state index in [9.17, 15) is 0 Å². The fraction of sp³-hybridized carbons (Fsp3) is 0.450. The first kappa shape index (κ1) is 19.4. The van der Waals surface area contributed by atoms with Gasteiger partial charge in [-0.3, -0.25) is 0 Å². The summed E-state index contributed by atoms with van der Waals surface area (Å²) in [6.45, 7) is 4.08. The van der Waals surface area contributed by atoms with Gasteiger partial charge in [0.15, 0.2) is 5.11 Å². The Balaban J connectivity index is 1.69. The van der Waals surface area contributed by atoms with Gasteiger partial charge in [0.1, 0.15) is 5.82 Å². The Labute approximate surface area is 166 Å². The second-order valence-corrected chi connectivity index (χ2v) is 7.13. The molecule has 1 atom stereocenters. The van der Waals surface area contributed by atoms with E-state index in [0.29, 0.717) is 16.9 Å². The molecule has 1 fully saturated rings. The molecule has 0 bridgehead atoms. The van der Waals surface area contributed by atoms with Gasteiger partial charge in [0, 0.05) is 19.2 Å². The Morgan fingerprint density at radius 1 is 1.11 bits per heavy atom. The number of nitrogens with zero attached hydrogens (tertiary/aromatic N) is 3. The van der Waals surface area contributed by atoms with Gasteiger partial charge in [-0.2, -0.15) is 9.97 Å². The Hall–Kier alpha value is -2.41. The smallest absolute Gasteiger partial charge is 0.234 e. The lowest BCUT2D eigenvalue weighted by Gasteiger charge is -2.22. The first-order chi connectivity index (χ1) is 13.2. The van der Waals surface area contributed by atoms with Crippen LogP contribution >= 0.6 is 12.2 Å². The van der Waals surface area contributed by atoms with E-state index in [-0.39, 0.29) is 6.04 Å². The van der Waals surface area contributed by atoms with E-state index in [0.717, 1.165) is 18.9 Å². The van der Waals surface area contributed by atoms with Crippen LogP contribution in [0.15, 0.2) is 36.4 Å². The van der Waals surface area contributed by atoms with Gasteiger partial charge in [-0.15, -0.1) is 0 Å². The predicted molar refractivity (Wildman–Crippen MR) is 113 cm³/mol. The molecule has 1 aromatic heterocycles. The van der Waals surface area contributed by atoms with Crippen molar-refractivity contribution < 1.29 is 4.74 Å². The second kappa shape index (κ2) is 9.50. The highest BCUT2D eigenvalue weighted by Gasteiger charge is 2.15. The van der Waals surface area contributed by atoms with Crippen LogP contribution in [0.3, 0.4) is 0 Å². The standard InChI is InChI=1S/C20H27N5OS/c1-15(16-10-6-5-7-11-16)21-20(27)24-19-22-17(14-18(23-19)26-2)25-12-8-3-4-9-13-25/h5-7,10-11,14-15H,3-4,8-9,12-13H2,1-2H3,(H2,21,22,23,24,27)/t15-/m0/s1. The normalized spacial score (nSPS) is 15.6. The maximum atomic E-state index is 5.46. The van der Waals surface area contributed by atoms with Crippen LogP contribution in [0, 0.1) is 0 Å². The van der Waals surface area contributed by atoms with Crippen LogP contribution in [-0.4, -0.2) is 35.3 Å². The molecule has 2 heterocycles. The number of nitrogens with one attached hydrogen (secondary N) is 2. The summed E-state index contributed by atoms with van der Waals surface area (Å²) in [7, 11) is 1.62. The first-order valence-corrected chi connectivity index (χ1v) is 9.87. The highest BCUT2D eigenvalue weighted by atomic mass is 32.1. The van der Waals surface area contributed by atoms with E-state index in [1.54, 1.807) is 7.11 Å². The average Bonchev–Trinajstić information content (AvgIpc) is 2.97. The number of methoxy groups -OCH3 is 1. The van der Waals surface area contributed by atoms with E-state index in [2.05, 4.69) is 44.6 Å². The molecule has 27 heavy (non-hydrogen) atoms. The minimum atomic E-state index is 0.0851. The summed E-state index contributed by atoms with van der Waals surface area (Å²) < 4.78 is 5.37. The lowest BCUT2D eigenvalue weighted by atomic mass is 10.1. The summed E-state index contributed by atoms with van der Waals surface area (Å²) in [5, 5.41) is 6.87. The summed E-state index contributed by atoms with van der Waals surface area (Å²) in [6, 6.07) is 12.1. The molecule has 1 aliphatic heterocycles. The molecule has 1 aliphatic rings. The molecule has 1 saturated heterocycles. The molecule has 3 rings (SSSR count). The number of rotatable bonds is 5. The number of hydrogen-bond acceptors (Lipinski definition) is 5. The molecule has 2 aromatic rings. The molecule has 0 aliphatic carbocycles. The van der Waals surface area contributed by atoms with Crippen molar-refractivity contribution in [2.75, 3.05) is 30.4 Å². The highest BCUT2D eigenvalue weighted by Crippen LogP contribution is 2.23. The molecular formula is C20H27N5OS. The van der Waals surface area contributed by atoms with Gasteiger partial charge in [0.25, 0.3) is 0 Å². The topological polar surface area (TPSA) is 62.3 Å². The molecule has 0 unspecified atom stereocenters. The zero-order chi connectivity index (χ0) is 19.1. The van der Waals surface area contributed by atoms with Crippen LogP contribution < -0.4 is 20.3 Å². The second-order valence-electron chi connectivity index (χ2n) is 6.72. The fourth-order valence-electron chi connectivity index (χ4n) is 3.19. The largest absolute Gasteiger partial charge is 0.481 e. The molecule has 6 nitrogen and oxygen atoms in total. The van der Waals surface area contributed by atoms with Gasteiger partial charge in [0.05, 0.1) is 13.2 Å². The van der Waals surface area contributed by atoms with Gasteiger partial charge in [-0.25, -0.2) is 0 Å². The molecule has 144 valence electrons. The summed E-state index contributed by atoms with van der Waals surface area (Å²) in [5.74, 6) is 1.86. The van der Waals surface area contributed by atoms with E-state index in [4.69, 9.17) is 17.0 Å². The van der Waals surface area contributed by atoms with Crippen LogP contribution in [0.5, 0.6) is 5.88 Å². The average molecular weight is 386 g/mol. The summed E-state index contributed by atoms with van der Waals surface area (Å²) in [6.07, 6.45) is 4.91. The van der Waals surface area contributed by atoms with Crippen LogP contribution in [0.1, 0.15) is 44.2 Å². The SMILES string of the molecule is COc1cc(N2CCCCCC2)nc(NC(=S)N[C@@H](C)c2ccccc2)n1. The first-order valence-electron chi connectivity index (χ1n) is 9.46. The molecular weight excluding hydrogens is 358 g/mol. The summed E-state index contributed by atoms with van der Waals surface area (Å²) in [4.78, 5) is 11.4. The van der Waals surface area contributed by atoms with Crippen molar-refractivity contribution in [1.82, 2.24) is 15.3 Å². The van der Waals surface area contributed by atoms with Crippen molar-refractivity contribution in [2.24, 2.45) is 0 Å². The van der Waals surface area contributed by atoms with Crippen molar-refractivity contribution in [3.05, 3.63) is 42.0 Å². The highest BCUT2D eigenvalue weighted by molar-refractivity contribution is 7.80. The van der Waals surface area contributed by atoms with Crippen LogP contribution in [0.25, 0.3) is 0 Å². The van der Waals surface area contributed by atoms with E-state index in [1.807, 2.05) is 24.3 Å². The van der Waals surface area contributed by atoms with E-state index in [1.165, 1.54) is 31.2 Å².